The van der Waals surface area contributed by atoms with Gasteiger partial charge in [0.1, 0.15) is 0 Å². The van der Waals surface area contributed by atoms with Crippen LogP contribution in [0.15, 0.2) is 11.6 Å². The first-order chi connectivity index (χ1) is 5.43. The molecule has 0 aliphatic carbocycles. The largest absolute Gasteiger partial charge is 0.373 e. The van der Waals surface area contributed by atoms with Crippen LogP contribution in [0.4, 0.5) is 0 Å². The summed E-state index contributed by atoms with van der Waals surface area (Å²) in [4.78, 5) is 0. The smallest absolute Gasteiger partial charge is 0.0681 e. The Bertz CT molecular complexity index is 127. The number of ether oxygens (including phenoxy) is 1. The first-order valence-electron chi connectivity index (χ1n) is 4.69. The minimum atomic E-state index is 0.850. The van der Waals surface area contributed by atoms with E-state index < -0.39 is 0 Å². The second kappa shape index (κ2) is 5.36. The van der Waals surface area contributed by atoms with Crippen molar-refractivity contribution < 1.29 is 4.74 Å². The van der Waals surface area contributed by atoms with Crippen LogP contribution in [0.3, 0.4) is 0 Å². The lowest BCUT2D eigenvalue weighted by Gasteiger charge is -1.99. The second-order valence-corrected chi connectivity index (χ2v) is 3.19. The van der Waals surface area contributed by atoms with Crippen molar-refractivity contribution in [3.63, 3.8) is 0 Å². The van der Waals surface area contributed by atoms with Crippen LogP contribution in [-0.2, 0) is 4.74 Å². The molecule has 0 radical (unpaired) electrons. The maximum absolute atomic E-state index is 5.22. The maximum Gasteiger partial charge on any atom is 0.0681 e. The topological polar surface area (TPSA) is 9.23 Å². The summed E-state index contributed by atoms with van der Waals surface area (Å²) < 4.78 is 5.22. The molecule has 1 nitrogen and oxygen atoms in total. The molecule has 64 valence electrons. The lowest BCUT2D eigenvalue weighted by molar-refractivity contribution is 0.206. The van der Waals surface area contributed by atoms with Gasteiger partial charge >= 0.3 is 0 Å². The Kier molecular flexibility index (Phi) is 4.29. The molecule has 0 N–H and O–H groups in total. The van der Waals surface area contributed by atoms with Gasteiger partial charge in [0, 0.05) is 0 Å². The van der Waals surface area contributed by atoms with Gasteiger partial charge in [0.2, 0.25) is 0 Å². The Balaban J connectivity index is 1.94. The molecular formula is C10H18O. The molecule has 0 fully saturated rings. The molecule has 0 unspecified atom stereocenters. The Morgan fingerprint density at radius 3 is 2.91 bits per heavy atom. The molecule has 1 aliphatic rings. The number of hydrogen-bond donors (Lipinski definition) is 0. The highest BCUT2D eigenvalue weighted by Gasteiger charge is 2.02. The molecule has 0 amide bonds. The highest BCUT2D eigenvalue weighted by molar-refractivity contribution is 5.06. The summed E-state index contributed by atoms with van der Waals surface area (Å²) in [5.41, 5.74) is 1.51. The van der Waals surface area contributed by atoms with Gasteiger partial charge in [0.05, 0.1) is 13.2 Å². The number of hydrogen-bond acceptors (Lipinski definition) is 1. The predicted molar refractivity (Wildman–Crippen MR) is 47.7 cm³/mol. The van der Waals surface area contributed by atoms with Crippen molar-refractivity contribution in [1.82, 2.24) is 0 Å². The molecule has 0 spiro atoms. The molecule has 11 heavy (non-hydrogen) atoms. The number of rotatable bonds is 5. The normalized spacial score (nSPS) is 17.0. The van der Waals surface area contributed by atoms with Crippen LogP contribution in [0.1, 0.15) is 39.0 Å². The van der Waals surface area contributed by atoms with E-state index in [-0.39, 0.29) is 0 Å². The molecular weight excluding hydrogens is 136 g/mol. The zero-order valence-electron chi connectivity index (χ0n) is 7.44. The molecule has 0 aromatic carbocycles. The van der Waals surface area contributed by atoms with Gasteiger partial charge in [-0.05, 0) is 18.4 Å². The Hall–Kier alpha value is -0.300. The van der Waals surface area contributed by atoms with Gasteiger partial charge in [-0.3, -0.25) is 0 Å². The third kappa shape index (κ3) is 3.57. The van der Waals surface area contributed by atoms with Crippen LogP contribution in [0.5, 0.6) is 0 Å². The van der Waals surface area contributed by atoms with Crippen molar-refractivity contribution in [3.05, 3.63) is 11.6 Å². The zero-order chi connectivity index (χ0) is 7.94. The van der Waals surface area contributed by atoms with Gasteiger partial charge in [0.15, 0.2) is 0 Å². The average Bonchev–Trinajstić information content (AvgIpc) is 2.50. The summed E-state index contributed by atoms with van der Waals surface area (Å²) >= 11 is 0. The molecule has 0 saturated heterocycles. The summed E-state index contributed by atoms with van der Waals surface area (Å²) in [7, 11) is 0. The zero-order valence-corrected chi connectivity index (χ0v) is 7.44. The highest BCUT2D eigenvalue weighted by atomic mass is 16.5. The van der Waals surface area contributed by atoms with Crippen LogP contribution in [-0.4, -0.2) is 13.2 Å². The van der Waals surface area contributed by atoms with Gasteiger partial charge in [-0.2, -0.15) is 0 Å². The third-order valence-corrected chi connectivity index (χ3v) is 2.13. The SMILES string of the molecule is CCCCCCC1=CCOC1. The van der Waals surface area contributed by atoms with E-state index in [1.165, 1.54) is 37.7 Å². The van der Waals surface area contributed by atoms with Crippen molar-refractivity contribution in [2.45, 2.75) is 39.0 Å². The minimum Gasteiger partial charge on any atom is -0.373 e. The summed E-state index contributed by atoms with van der Waals surface area (Å²) in [6.45, 7) is 3.99. The quantitative estimate of drug-likeness (QED) is 0.437. The summed E-state index contributed by atoms with van der Waals surface area (Å²) in [6, 6.07) is 0. The Morgan fingerprint density at radius 1 is 1.36 bits per heavy atom. The summed E-state index contributed by atoms with van der Waals surface area (Å²) in [5.74, 6) is 0. The Labute approximate surface area is 69.4 Å². The van der Waals surface area contributed by atoms with E-state index in [1.54, 1.807) is 0 Å². The van der Waals surface area contributed by atoms with E-state index in [0.29, 0.717) is 0 Å². The monoisotopic (exact) mass is 154 g/mol. The van der Waals surface area contributed by atoms with E-state index in [1.807, 2.05) is 0 Å². The van der Waals surface area contributed by atoms with Gasteiger partial charge in [-0.1, -0.05) is 32.3 Å². The minimum absolute atomic E-state index is 0.850. The van der Waals surface area contributed by atoms with Crippen molar-refractivity contribution in [2.75, 3.05) is 13.2 Å². The van der Waals surface area contributed by atoms with Crippen LogP contribution < -0.4 is 0 Å². The van der Waals surface area contributed by atoms with E-state index in [9.17, 15) is 0 Å². The third-order valence-electron chi connectivity index (χ3n) is 2.13. The van der Waals surface area contributed by atoms with E-state index in [2.05, 4.69) is 13.0 Å². The van der Waals surface area contributed by atoms with Gasteiger partial charge in [-0.25, -0.2) is 0 Å². The first-order valence-corrected chi connectivity index (χ1v) is 4.69. The highest BCUT2D eigenvalue weighted by Crippen LogP contribution is 2.13. The average molecular weight is 154 g/mol. The molecule has 0 bridgehead atoms. The van der Waals surface area contributed by atoms with Gasteiger partial charge < -0.3 is 4.74 Å². The molecule has 1 aliphatic heterocycles. The standard InChI is InChI=1S/C10H18O/c1-2-3-4-5-6-10-7-8-11-9-10/h7H,2-6,8-9H2,1H3. The molecule has 1 rings (SSSR count). The summed E-state index contributed by atoms with van der Waals surface area (Å²) in [6.07, 6.45) is 8.94. The van der Waals surface area contributed by atoms with E-state index in [0.717, 1.165) is 13.2 Å². The fourth-order valence-corrected chi connectivity index (χ4v) is 1.38. The van der Waals surface area contributed by atoms with Crippen molar-refractivity contribution in [1.29, 1.82) is 0 Å². The second-order valence-electron chi connectivity index (χ2n) is 3.19. The lowest BCUT2D eigenvalue weighted by atomic mass is 10.1. The molecule has 1 heterocycles. The van der Waals surface area contributed by atoms with Crippen molar-refractivity contribution >= 4 is 0 Å². The van der Waals surface area contributed by atoms with Crippen LogP contribution in [0.2, 0.25) is 0 Å². The maximum atomic E-state index is 5.22. The fraction of sp³-hybridized carbons (Fsp3) is 0.800. The van der Waals surface area contributed by atoms with Crippen LogP contribution in [0.25, 0.3) is 0 Å². The summed E-state index contributed by atoms with van der Waals surface area (Å²) in [5, 5.41) is 0. The van der Waals surface area contributed by atoms with Gasteiger partial charge in [-0.15, -0.1) is 0 Å². The van der Waals surface area contributed by atoms with E-state index in [4.69, 9.17) is 4.74 Å². The first kappa shape index (κ1) is 8.79. The predicted octanol–water partition coefficient (Wildman–Crippen LogP) is 2.91. The van der Waals surface area contributed by atoms with Crippen molar-refractivity contribution in [2.24, 2.45) is 0 Å². The van der Waals surface area contributed by atoms with Gasteiger partial charge in [0.25, 0.3) is 0 Å². The van der Waals surface area contributed by atoms with Crippen LogP contribution in [0, 0.1) is 0 Å². The van der Waals surface area contributed by atoms with Crippen molar-refractivity contribution in [3.8, 4) is 0 Å². The van der Waals surface area contributed by atoms with Crippen LogP contribution >= 0.6 is 0 Å². The molecule has 0 saturated carbocycles. The van der Waals surface area contributed by atoms with E-state index >= 15 is 0 Å². The molecule has 0 aromatic rings. The Morgan fingerprint density at radius 2 is 2.27 bits per heavy atom. The fourth-order valence-electron chi connectivity index (χ4n) is 1.38. The molecule has 1 heteroatoms. The molecule has 0 atom stereocenters. The molecule has 0 aromatic heterocycles. The lowest BCUT2D eigenvalue weighted by Crippen LogP contribution is -1.87. The number of unbranched alkanes of at least 4 members (excludes halogenated alkanes) is 3.